The number of esters is 1. The molecule has 1 aromatic rings. The van der Waals surface area contributed by atoms with Crippen molar-refractivity contribution in [1.82, 2.24) is 0 Å². The summed E-state index contributed by atoms with van der Waals surface area (Å²) in [6.45, 7) is 1.75. The highest BCUT2D eigenvalue weighted by atomic mass is 32.2. The maximum Gasteiger partial charge on any atom is 0.309 e. The van der Waals surface area contributed by atoms with Crippen LogP contribution >= 0.6 is 23.1 Å². The van der Waals surface area contributed by atoms with Crippen LogP contribution < -0.4 is 5.32 Å². The van der Waals surface area contributed by atoms with Crippen molar-refractivity contribution in [3.8, 4) is 6.07 Å². The van der Waals surface area contributed by atoms with E-state index in [1.807, 2.05) is 6.07 Å². The molecule has 1 unspecified atom stereocenters. The fourth-order valence-electron chi connectivity index (χ4n) is 1.25. The molecule has 1 heterocycles. The van der Waals surface area contributed by atoms with Crippen molar-refractivity contribution in [2.45, 2.75) is 6.92 Å². The minimum atomic E-state index is -0.280. The molecule has 1 rings (SSSR count). The molecule has 5 nitrogen and oxygen atoms in total. The van der Waals surface area contributed by atoms with Gasteiger partial charge in [0.1, 0.15) is 11.1 Å². The lowest BCUT2D eigenvalue weighted by Crippen LogP contribution is -2.18. The Kier molecular flexibility index (Phi) is 6.39. The summed E-state index contributed by atoms with van der Waals surface area (Å²) in [5.41, 5.74) is 0.464. The van der Waals surface area contributed by atoms with Crippen molar-refractivity contribution in [2.24, 2.45) is 5.92 Å². The fourth-order valence-corrected chi connectivity index (χ4v) is 2.87. The maximum absolute atomic E-state index is 11.6. The van der Waals surface area contributed by atoms with E-state index in [-0.39, 0.29) is 23.5 Å². The number of rotatable bonds is 6. The lowest BCUT2D eigenvalue weighted by molar-refractivity contribution is -0.144. The molecule has 7 heteroatoms. The SMILES string of the molecule is COC(=O)C(C)CSCC(=O)Nc1sccc1C#N. The van der Waals surface area contributed by atoms with E-state index in [9.17, 15) is 9.59 Å². The van der Waals surface area contributed by atoms with Crippen LogP contribution in [0, 0.1) is 17.2 Å². The van der Waals surface area contributed by atoms with Crippen molar-refractivity contribution < 1.29 is 14.3 Å². The van der Waals surface area contributed by atoms with Crippen LogP contribution in [0.1, 0.15) is 12.5 Å². The van der Waals surface area contributed by atoms with Gasteiger partial charge in [0.05, 0.1) is 24.3 Å². The van der Waals surface area contributed by atoms with Crippen molar-refractivity contribution >= 4 is 40.0 Å². The zero-order valence-corrected chi connectivity index (χ0v) is 12.3. The summed E-state index contributed by atoms with van der Waals surface area (Å²) in [6, 6.07) is 3.66. The minimum absolute atomic E-state index is 0.180. The molecule has 0 fully saturated rings. The third-order valence-electron chi connectivity index (χ3n) is 2.24. The van der Waals surface area contributed by atoms with Gasteiger partial charge in [0, 0.05) is 5.75 Å². The van der Waals surface area contributed by atoms with Gasteiger partial charge >= 0.3 is 5.97 Å². The van der Waals surface area contributed by atoms with Crippen LogP contribution in [0.3, 0.4) is 0 Å². The van der Waals surface area contributed by atoms with Crippen LogP contribution in [0.2, 0.25) is 0 Å². The molecular weight excluding hydrogens is 284 g/mol. The first-order valence-electron chi connectivity index (χ1n) is 5.51. The van der Waals surface area contributed by atoms with E-state index < -0.39 is 0 Å². The molecule has 0 spiro atoms. The van der Waals surface area contributed by atoms with Gasteiger partial charge in [-0.05, 0) is 11.4 Å². The summed E-state index contributed by atoms with van der Waals surface area (Å²) in [7, 11) is 1.34. The molecule has 1 amide bonds. The van der Waals surface area contributed by atoms with E-state index in [1.54, 1.807) is 18.4 Å². The topological polar surface area (TPSA) is 79.2 Å². The third-order valence-corrected chi connectivity index (χ3v) is 4.28. The van der Waals surface area contributed by atoms with E-state index in [4.69, 9.17) is 5.26 Å². The standard InChI is InChI=1S/C12H14N2O3S2/c1-8(12(16)17-2)6-18-7-10(15)14-11-9(5-13)3-4-19-11/h3-4,8H,6-7H2,1-2H3,(H,14,15). The molecule has 102 valence electrons. The maximum atomic E-state index is 11.6. The van der Waals surface area contributed by atoms with Crippen LogP contribution in [0.5, 0.6) is 0 Å². The molecule has 0 aliphatic carbocycles. The fraction of sp³-hybridized carbons (Fsp3) is 0.417. The molecule has 0 saturated heterocycles. The number of ether oxygens (including phenoxy) is 1. The average Bonchev–Trinajstić information content (AvgIpc) is 2.84. The molecule has 0 saturated carbocycles. The van der Waals surface area contributed by atoms with Gasteiger partial charge in [-0.15, -0.1) is 11.3 Å². The zero-order chi connectivity index (χ0) is 14.3. The second kappa shape index (κ2) is 7.81. The number of carbonyl (C=O) groups is 2. The minimum Gasteiger partial charge on any atom is -0.469 e. The number of hydrogen-bond donors (Lipinski definition) is 1. The van der Waals surface area contributed by atoms with Crippen molar-refractivity contribution in [1.29, 1.82) is 5.26 Å². The van der Waals surface area contributed by atoms with Crippen molar-refractivity contribution in [3.05, 3.63) is 17.0 Å². The Hall–Kier alpha value is -1.52. The molecular formula is C12H14N2O3S2. The van der Waals surface area contributed by atoms with Gasteiger partial charge in [-0.2, -0.15) is 17.0 Å². The van der Waals surface area contributed by atoms with E-state index in [2.05, 4.69) is 10.1 Å². The van der Waals surface area contributed by atoms with Gasteiger partial charge in [-0.1, -0.05) is 6.92 Å². The third kappa shape index (κ3) is 4.93. The van der Waals surface area contributed by atoms with Crippen LogP contribution in [0.25, 0.3) is 0 Å². The summed E-state index contributed by atoms with van der Waals surface area (Å²) in [4.78, 5) is 22.8. The first-order chi connectivity index (χ1) is 9.08. The predicted octanol–water partition coefficient (Wildman–Crippen LogP) is 2.10. The molecule has 1 atom stereocenters. The monoisotopic (exact) mass is 298 g/mol. The second-order valence-electron chi connectivity index (χ2n) is 3.76. The van der Waals surface area contributed by atoms with Crippen LogP contribution in [-0.2, 0) is 14.3 Å². The van der Waals surface area contributed by atoms with E-state index in [0.29, 0.717) is 16.3 Å². The number of anilines is 1. The highest BCUT2D eigenvalue weighted by Gasteiger charge is 2.14. The first kappa shape index (κ1) is 15.5. The number of thiophene rings is 1. The Labute approximate surface area is 119 Å². The summed E-state index contributed by atoms with van der Waals surface area (Å²) in [5.74, 6) is 0.0675. The smallest absolute Gasteiger partial charge is 0.309 e. The van der Waals surface area contributed by atoms with Gasteiger partial charge in [0.25, 0.3) is 0 Å². The van der Waals surface area contributed by atoms with Crippen molar-refractivity contribution in [2.75, 3.05) is 23.9 Å². The van der Waals surface area contributed by atoms with Gasteiger partial charge in [-0.25, -0.2) is 0 Å². The molecule has 1 N–H and O–H groups in total. The van der Waals surface area contributed by atoms with Gasteiger partial charge in [-0.3, -0.25) is 9.59 Å². The average molecular weight is 298 g/mol. The molecule has 0 radical (unpaired) electrons. The molecule has 19 heavy (non-hydrogen) atoms. The predicted molar refractivity (Wildman–Crippen MR) is 76.2 cm³/mol. The first-order valence-corrected chi connectivity index (χ1v) is 7.55. The summed E-state index contributed by atoms with van der Waals surface area (Å²) in [5, 5.41) is 13.8. The largest absolute Gasteiger partial charge is 0.469 e. The Morgan fingerprint density at radius 1 is 1.63 bits per heavy atom. The zero-order valence-electron chi connectivity index (χ0n) is 10.6. The number of nitrogens with one attached hydrogen (secondary N) is 1. The Bertz CT molecular complexity index is 493. The molecule has 1 aromatic heterocycles. The Balaban J connectivity index is 2.33. The van der Waals surface area contributed by atoms with Crippen molar-refractivity contribution in [3.63, 3.8) is 0 Å². The highest BCUT2D eigenvalue weighted by Crippen LogP contribution is 2.22. The van der Waals surface area contributed by atoms with Crippen LogP contribution in [0.15, 0.2) is 11.4 Å². The number of methoxy groups -OCH3 is 1. The van der Waals surface area contributed by atoms with Gasteiger partial charge in [0.2, 0.25) is 5.91 Å². The number of nitrogens with zero attached hydrogens (tertiary/aromatic N) is 1. The Morgan fingerprint density at radius 3 is 3.00 bits per heavy atom. The molecule has 0 aliphatic heterocycles. The number of nitriles is 1. The molecule has 0 aromatic carbocycles. The normalized spacial score (nSPS) is 11.4. The summed E-state index contributed by atoms with van der Waals surface area (Å²) < 4.78 is 4.60. The van der Waals surface area contributed by atoms with E-state index in [1.165, 1.54) is 30.2 Å². The lowest BCUT2D eigenvalue weighted by atomic mass is 10.2. The Morgan fingerprint density at radius 2 is 2.37 bits per heavy atom. The van der Waals surface area contributed by atoms with Crippen LogP contribution in [-0.4, -0.2) is 30.5 Å². The number of amides is 1. The summed E-state index contributed by atoms with van der Waals surface area (Å²) >= 11 is 2.67. The van der Waals surface area contributed by atoms with Gasteiger partial charge in [0.15, 0.2) is 0 Å². The van der Waals surface area contributed by atoms with Gasteiger partial charge < -0.3 is 10.1 Å². The quantitative estimate of drug-likeness (QED) is 0.814. The molecule has 0 bridgehead atoms. The second-order valence-corrected chi connectivity index (χ2v) is 5.71. The van der Waals surface area contributed by atoms with E-state index >= 15 is 0 Å². The highest BCUT2D eigenvalue weighted by molar-refractivity contribution is 8.00. The number of thioether (sulfide) groups is 1. The summed E-state index contributed by atoms with van der Waals surface area (Å²) in [6.07, 6.45) is 0. The lowest BCUT2D eigenvalue weighted by Gasteiger charge is -2.08. The van der Waals surface area contributed by atoms with E-state index in [0.717, 1.165) is 0 Å². The number of hydrogen-bond acceptors (Lipinski definition) is 6. The van der Waals surface area contributed by atoms with Crippen LogP contribution in [0.4, 0.5) is 5.00 Å². The molecule has 0 aliphatic rings. The number of carbonyl (C=O) groups excluding carboxylic acids is 2.